The highest BCUT2D eigenvalue weighted by atomic mass is 31.1. The lowest BCUT2D eigenvalue weighted by molar-refractivity contribution is 1.09. The monoisotopic (exact) mass is 572 g/mol. The van der Waals surface area contributed by atoms with Gasteiger partial charge >= 0.3 is 0 Å². The predicted molar refractivity (Wildman–Crippen MR) is 180 cm³/mol. The van der Waals surface area contributed by atoms with Gasteiger partial charge in [0.1, 0.15) is 0 Å². The maximum Gasteiger partial charge on any atom is -0.0240 e. The minimum atomic E-state index is -0.0945. The summed E-state index contributed by atoms with van der Waals surface area (Å²) < 4.78 is 0. The number of hydrogen-bond donors (Lipinski definition) is 0. The van der Waals surface area contributed by atoms with Gasteiger partial charge in [0.25, 0.3) is 0 Å². The molecular weight excluding hydrogens is 532 g/mol. The Labute approximate surface area is 235 Å². The number of hydrogen-bond acceptors (Lipinski definition) is 0. The van der Waals surface area contributed by atoms with Gasteiger partial charge < -0.3 is 0 Å². The van der Waals surface area contributed by atoms with E-state index in [0.29, 0.717) is 0 Å². The van der Waals surface area contributed by atoms with Crippen LogP contribution >= 0.6 is 31.7 Å². The van der Waals surface area contributed by atoms with Crippen LogP contribution in [-0.2, 0) is 0 Å². The minimum Gasteiger partial charge on any atom is -0.0749 e. The van der Waals surface area contributed by atoms with Gasteiger partial charge in [-0.25, -0.2) is 0 Å². The maximum atomic E-state index is 2.41. The van der Waals surface area contributed by atoms with Gasteiger partial charge in [-0.2, -0.15) is 0 Å². The molecule has 0 N–H and O–H groups in total. The van der Waals surface area contributed by atoms with Gasteiger partial charge in [-0.3, -0.25) is 0 Å². The third kappa shape index (κ3) is 8.30. The van der Waals surface area contributed by atoms with E-state index in [0.717, 1.165) is 0 Å². The van der Waals surface area contributed by atoms with Crippen LogP contribution in [0.5, 0.6) is 0 Å². The van der Waals surface area contributed by atoms with E-state index in [1.165, 1.54) is 62.1 Å². The summed E-state index contributed by atoms with van der Waals surface area (Å²) in [6.45, 7) is 0. The Balaban J connectivity index is 1.39. The Morgan fingerprint density at radius 3 is 0.684 bits per heavy atom. The second-order valence-corrected chi connectivity index (χ2v) is 20.0. The van der Waals surface area contributed by atoms with Gasteiger partial charge in [0.15, 0.2) is 0 Å². The van der Waals surface area contributed by atoms with Gasteiger partial charge in [-0.1, -0.05) is 153 Å². The van der Waals surface area contributed by atoms with Crippen molar-refractivity contribution in [3.05, 3.63) is 121 Å². The Bertz CT molecular complexity index is 992. The summed E-state index contributed by atoms with van der Waals surface area (Å²) in [4.78, 5) is 0. The molecular formula is C34H40P4. The maximum absolute atomic E-state index is 2.41. The quantitative estimate of drug-likeness (QED) is 0.217. The molecule has 1 saturated heterocycles. The predicted octanol–water partition coefficient (Wildman–Crippen LogP) is 8.01. The van der Waals surface area contributed by atoms with Gasteiger partial charge in [-0.15, -0.1) is 0 Å². The van der Waals surface area contributed by atoms with Crippen molar-refractivity contribution in [3.63, 3.8) is 0 Å². The van der Waals surface area contributed by atoms with E-state index >= 15 is 0 Å². The van der Waals surface area contributed by atoms with Crippen LogP contribution in [0.3, 0.4) is 0 Å². The number of benzene rings is 4. The molecule has 4 aromatic carbocycles. The zero-order valence-corrected chi connectivity index (χ0v) is 26.0. The lowest BCUT2D eigenvalue weighted by Crippen LogP contribution is -2.16. The highest BCUT2D eigenvalue weighted by Gasteiger charge is 2.21. The molecule has 0 radical (unpaired) electrons. The third-order valence-electron chi connectivity index (χ3n) is 7.48. The van der Waals surface area contributed by atoms with Crippen molar-refractivity contribution in [2.24, 2.45) is 0 Å². The van der Waals surface area contributed by atoms with Crippen LogP contribution in [0.2, 0.25) is 0 Å². The van der Waals surface area contributed by atoms with Crippen LogP contribution in [0.15, 0.2) is 121 Å². The van der Waals surface area contributed by atoms with E-state index in [2.05, 4.69) is 121 Å². The largest absolute Gasteiger partial charge is 0.0749 e. The van der Waals surface area contributed by atoms with Crippen molar-refractivity contribution >= 4 is 52.9 Å². The molecule has 38 heavy (non-hydrogen) atoms. The standard InChI is InChI=1S/C34H40P4/c1-5-15-31(16-6-1)35-23-13-24-37(33-19-9-3-10-20-33)29-30-38(34-21-11-4-12-22-34)26-14-25-36(28-27-35)32-17-7-2-8-18-32/h1-12,15-22H,13-14,23-30H2. The summed E-state index contributed by atoms with van der Waals surface area (Å²) in [7, 11) is -0.378. The zero-order valence-electron chi connectivity index (χ0n) is 22.4. The SMILES string of the molecule is c1ccc(P2CCCP(c3ccccc3)CCP(c3ccccc3)CCCP(c3ccccc3)CC2)cc1. The molecule has 4 aromatic rings. The molecule has 1 aliphatic rings. The first kappa shape index (κ1) is 28.1. The van der Waals surface area contributed by atoms with Crippen molar-refractivity contribution in [2.75, 3.05) is 49.3 Å². The van der Waals surface area contributed by atoms with Crippen LogP contribution in [0, 0.1) is 0 Å². The molecule has 5 rings (SSSR count). The van der Waals surface area contributed by atoms with E-state index in [1.807, 2.05) is 0 Å². The van der Waals surface area contributed by atoms with Crippen LogP contribution < -0.4 is 21.2 Å². The van der Waals surface area contributed by atoms with E-state index < -0.39 is 0 Å². The molecule has 1 heterocycles. The summed E-state index contributed by atoms with van der Waals surface area (Å²) in [5, 5.41) is 6.48. The van der Waals surface area contributed by atoms with Crippen LogP contribution in [-0.4, -0.2) is 49.3 Å². The van der Waals surface area contributed by atoms with E-state index in [1.54, 1.807) is 21.2 Å². The minimum absolute atomic E-state index is 0.0945. The van der Waals surface area contributed by atoms with Crippen LogP contribution in [0.4, 0.5) is 0 Å². The molecule has 0 bridgehead atoms. The molecule has 0 nitrogen and oxygen atoms in total. The van der Waals surface area contributed by atoms with Crippen molar-refractivity contribution in [2.45, 2.75) is 12.8 Å². The Morgan fingerprint density at radius 1 is 0.263 bits per heavy atom. The second-order valence-electron chi connectivity index (χ2n) is 10.00. The third-order valence-corrected chi connectivity index (χ3v) is 18.8. The van der Waals surface area contributed by atoms with Crippen molar-refractivity contribution in [3.8, 4) is 0 Å². The highest BCUT2D eigenvalue weighted by molar-refractivity contribution is 7.70. The summed E-state index contributed by atoms with van der Waals surface area (Å²) in [6, 6.07) is 46.0. The van der Waals surface area contributed by atoms with Crippen molar-refractivity contribution in [1.82, 2.24) is 0 Å². The lowest BCUT2D eigenvalue weighted by Gasteiger charge is -2.27. The van der Waals surface area contributed by atoms with Crippen molar-refractivity contribution in [1.29, 1.82) is 0 Å². The van der Waals surface area contributed by atoms with Gasteiger partial charge in [0.2, 0.25) is 0 Å². The molecule has 4 atom stereocenters. The second kappa shape index (κ2) is 15.4. The average Bonchev–Trinajstić information content (AvgIpc) is 2.99. The van der Waals surface area contributed by atoms with Gasteiger partial charge in [-0.05, 0) is 83.4 Å². The fourth-order valence-corrected chi connectivity index (χ4v) is 17.3. The normalized spacial score (nSPS) is 23.8. The Hall–Kier alpha value is -1.40. The van der Waals surface area contributed by atoms with Gasteiger partial charge in [0, 0.05) is 0 Å². The smallest absolute Gasteiger partial charge is 0.0240 e. The fraction of sp³-hybridized carbons (Fsp3) is 0.294. The van der Waals surface area contributed by atoms with Gasteiger partial charge in [0.05, 0.1) is 0 Å². The molecule has 196 valence electrons. The highest BCUT2D eigenvalue weighted by Crippen LogP contribution is 2.48. The first-order chi connectivity index (χ1) is 18.9. The average molecular weight is 573 g/mol. The molecule has 0 saturated carbocycles. The lowest BCUT2D eigenvalue weighted by atomic mass is 10.4. The van der Waals surface area contributed by atoms with E-state index in [-0.39, 0.29) is 31.7 Å². The topological polar surface area (TPSA) is 0 Å². The molecule has 4 heteroatoms. The molecule has 0 spiro atoms. The summed E-state index contributed by atoms with van der Waals surface area (Å²) >= 11 is 0. The molecule has 1 aliphatic heterocycles. The fourth-order valence-electron chi connectivity index (χ4n) is 5.42. The first-order valence-corrected chi connectivity index (χ1v) is 20.9. The molecule has 4 unspecified atom stereocenters. The zero-order chi connectivity index (χ0) is 25.8. The Kier molecular flexibility index (Phi) is 11.4. The summed E-state index contributed by atoms with van der Waals surface area (Å²) in [6.07, 6.45) is 13.8. The van der Waals surface area contributed by atoms with E-state index in [9.17, 15) is 0 Å². The first-order valence-electron chi connectivity index (χ1n) is 14.1. The summed E-state index contributed by atoms with van der Waals surface area (Å²) in [5.41, 5.74) is 0. The Morgan fingerprint density at radius 2 is 0.474 bits per heavy atom. The van der Waals surface area contributed by atoms with Crippen molar-refractivity contribution < 1.29 is 0 Å². The number of rotatable bonds is 4. The van der Waals surface area contributed by atoms with E-state index in [4.69, 9.17) is 0 Å². The summed E-state index contributed by atoms with van der Waals surface area (Å²) in [5.74, 6) is 0. The molecule has 0 amide bonds. The molecule has 0 aromatic heterocycles. The van der Waals surface area contributed by atoms with Crippen LogP contribution in [0.1, 0.15) is 12.8 Å². The molecule has 0 aliphatic carbocycles. The molecule has 1 fully saturated rings. The van der Waals surface area contributed by atoms with Crippen LogP contribution in [0.25, 0.3) is 0 Å².